The number of rotatable bonds is 5. The molecule has 1 aliphatic rings. The molecule has 1 saturated carbocycles. The van der Waals surface area contributed by atoms with Crippen LogP contribution in [0, 0.1) is 11.8 Å². The van der Waals surface area contributed by atoms with Gasteiger partial charge in [0.15, 0.2) is 0 Å². The fraction of sp³-hybridized carbons (Fsp3) is 1.00. The Morgan fingerprint density at radius 1 is 0.929 bits per heavy atom. The van der Waals surface area contributed by atoms with Gasteiger partial charge >= 0.3 is 0 Å². The number of hydrogen-bond donors (Lipinski definition) is 0. The van der Waals surface area contributed by atoms with E-state index in [0.29, 0.717) is 0 Å². The van der Waals surface area contributed by atoms with Crippen LogP contribution in [0.3, 0.4) is 0 Å². The van der Waals surface area contributed by atoms with Gasteiger partial charge < -0.3 is 0 Å². The Labute approximate surface area is 92.1 Å². The molecular formula is C13H28Si. The Bertz CT molecular complexity index is 135. The summed E-state index contributed by atoms with van der Waals surface area (Å²) in [6.07, 6.45) is 6.22. The summed E-state index contributed by atoms with van der Waals surface area (Å²) in [6, 6.07) is 3.20. The zero-order chi connectivity index (χ0) is 10.6. The van der Waals surface area contributed by atoms with Crippen LogP contribution in [0.25, 0.3) is 0 Å². The van der Waals surface area contributed by atoms with Crippen LogP contribution in [-0.4, -0.2) is 8.80 Å². The second kappa shape index (κ2) is 5.94. The lowest BCUT2D eigenvalue weighted by Crippen LogP contribution is -2.22. The maximum atomic E-state index is 2.41. The van der Waals surface area contributed by atoms with Crippen LogP contribution in [0.15, 0.2) is 0 Å². The quantitative estimate of drug-likeness (QED) is 0.590. The predicted molar refractivity (Wildman–Crippen MR) is 68.7 cm³/mol. The van der Waals surface area contributed by atoms with Gasteiger partial charge in [-0.25, -0.2) is 0 Å². The fourth-order valence-electron chi connectivity index (χ4n) is 3.12. The minimum atomic E-state index is -0.402. The van der Waals surface area contributed by atoms with Crippen molar-refractivity contribution in [2.75, 3.05) is 0 Å². The highest BCUT2D eigenvalue weighted by Crippen LogP contribution is 2.37. The monoisotopic (exact) mass is 212 g/mol. The molecule has 1 aliphatic carbocycles. The van der Waals surface area contributed by atoms with Gasteiger partial charge in [-0.2, -0.15) is 0 Å². The fourth-order valence-corrected chi connectivity index (χ4v) is 7.92. The van der Waals surface area contributed by atoms with Gasteiger partial charge in [-0.05, 0) is 17.4 Å². The van der Waals surface area contributed by atoms with Crippen LogP contribution in [0.5, 0.6) is 0 Å². The summed E-state index contributed by atoms with van der Waals surface area (Å²) >= 11 is 0. The van der Waals surface area contributed by atoms with Crippen molar-refractivity contribution in [1.82, 2.24) is 0 Å². The average Bonchev–Trinajstić information content (AvgIpc) is 2.52. The first kappa shape index (κ1) is 12.3. The van der Waals surface area contributed by atoms with Crippen molar-refractivity contribution in [3.05, 3.63) is 0 Å². The van der Waals surface area contributed by atoms with Gasteiger partial charge in [0, 0.05) is 8.80 Å². The van der Waals surface area contributed by atoms with Crippen molar-refractivity contribution >= 4 is 8.80 Å². The van der Waals surface area contributed by atoms with Gasteiger partial charge in [0.05, 0.1) is 0 Å². The first-order valence-corrected chi connectivity index (χ1v) is 8.89. The number of hydrogen-bond acceptors (Lipinski definition) is 0. The van der Waals surface area contributed by atoms with Crippen molar-refractivity contribution in [2.24, 2.45) is 11.8 Å². The van der Waals surface area contributed by atoms with Crippen LogP contribution in [-0.2, 0) is 0 Å². The average molecular weight is 212 g/mol. The van der Waals surface area contributed by atoms with Crippen LogP contribution in [0.4, 0.5) is 0 Å². The topological polar surface area (TPSA) is 0 Å². The molecule has 14 heavy (non-hydrogen) atoms. The molecule has 84 valence electrons. The van der Waals surface area contributed by atoms with Crippen LogP contribution in [0.1, 0.15) is 53.4 Å². The molecule has 0 saturated heterocycles. The molecule has 0 radical (unpaired) electrons. The van der Waals surface area contributed by atoms with E-state index in [2.05, 4.69) is 27.7 Å². The molecule has 0 aromatic carbocycles. The van der Waals surface area contributed by atoms with E-state index in [-0.39, 0.29) is 0 Å². The molecule has 0 heterocycles. The lowest BCUT2D eigenvalue weighted by molar-refractivity contribution is 0.667. The highest BCUT2D eigenvalue weighted by atomic mass is 28.3. The summed E-state index contributed by atoms with van der Waals surface area (Å²) in [5, 5.41) is 0. The van der Waals surface area contributed by atoms with Gasteiger partial charge in [-0.1, -0.05) is 65.5 Å². The summed E-state index contributed by atoms with van der Waals surface area (Å²) in [4.78, 5) is 0. The van der Waals surface area contributed by atoms with E-state index in [1.165, 1.54) is 18.4 Å². The van der Waals surface area contributed by atoms with Gasteiger partial charge in [-0.15, -0.1) is 0 Å². The molecule has 1 rings (SSSR count). The Balaban J connectivity index is 2.42. The molecule has 0 bridgehead atoms. The van der Waals surface area contributed by atoms with E-state index in [1.54, 1.807) is 24.9 Å². The van der Waals surface area contributed by atoms with Crippen molar-refractivity contribution < 1.29 is 0 Å². The molecule has 0 aromatic rings. The summed E-state index contributed by atoms with van der Waals surface area (Å²) in [7, 11) is -0.402. The van der Waals surface area contributed by atoms with Crippen LogP contribution in [0.2, 0.25) is 17.6 Å². The van der Waals surface area contributed by atoms with Crippen molar-refractivity contribution in [2.45, 2.75) is 71.0 Å². The summed E-state index contributed by atoms with van der Waals surface area (Å²) < 4.78 is 0. The summed E-state index contributed by atoms with van der Waals surface area (Å²) in [5.74, 6) is 1.90. The zero-order valence-electron chi connectivity index (χ0n) is 10.6. The van der Waals surface area contributed by atoms with E-state index in [4.69, 9.17) is 0 Å². The highest BCUT2D eigenvalue weighted by molar-refractivity contribution is 6.60. The van der Waals surface area contributed by atoms with Gasteiger partial charge in [-0.3, -0.25) is 0 Å². The minimum absolute atomic E-state index is 0.402. The Morgan fingerprint density at radius 3 is 1.71 bits per heavy atom. The first-order valence-electron chi connectivity index (χ1n) is 6.59. The molecule has 0 unspecified atom stereocenters. The van der Waals surface area contributed by atoms with Gasteiger partial charge in [0.25, 0.3) is 0 Å². The van der Waals surface area contributed by atoms with E-state index in [1.807, 2.05) is 0 Å². The highest BCUT2D eigenvalue weighted by Gasteiger charge is 2.27. The third-order valence-electron chi connectivity index (χ3n) is 3.61. The molecule has 0 N–H and O–H groups in total. The molecule has 1 fully saturated rings. The Hall–Kier alpha value is 0.217. The maximum absolute atomic E-state index is 2.41. The molecule has 0 spiro atoms. The molecular weight excluding hydrogens is 184 g/mol. The molecule has 0 amide bonds. The third-order valence-corrected chi connectivity index (χ3v) is 8.71. The van der Waals surface area contributed by atoms with Gasteiger partial charge in [0.1, 0.15) is 0 Å². The van der Waals surface area contributed by atoms with E-state index < -0.39 is 8.80 Å². The van der Waals surface area contributed by atoms with Crippen molar-refractivity contribution in [1.29, 1.82) is 0 Å². The van der Waals surface area contributed by atoms with Crippen LogP contribution < -0.4 is 0 Å². The van der Waals surface area contributed by atoms with E-state index in [0.717, 1.165) is 11.8 Å². The van der Waals surface area contributed by atoms with Crippen molar-refractivity contribution in [3.8, 4) is 0 Å². The smallest absolute Gasteiger partial charge is 0.0404 e. The Kier molecular flexibility index (Phi) is 5.22. The third kappa shape index (κ3) is 4.16. The maximum Gasteiger partial charge on any atom is 0.0404 e. The van der Waals surface area contributed by atoms with Crippen molar-refractivity contribution in [3.63, 3.8) is 0 Å². The predicted octanol–water partition coefficient (Wildman–Crippen LogP) is 4.47. The molecule has 1 heteroatoms. The first-order chi connectivity index (χ1) is 6.59. The zero-order valence-corrected chi connectivity index (χ0v) is 11.7. The van der Waals surface area contributed by atoms with Gasteiger partial charge in [0.2, 0.25) is 0 Å². The lowest BCUT2D eigenvalue weighted by atomic mass is 10.3. The van der Waals surface area contributed by atoms with E-state index >= 15 is 0 Å². The van der Waals surface area contributed by atoms with Crippen LogP contribution >= 0.6 is 0 Å². The minimum Gasteiger partial charge on any atom is -0.0631 e. The molecule has 0 atom stereocenters. The second-order valence-corrected chi connectivity index (χ2v) is 9.47. The molecule has 0 aliphatic heterocycles. The lowest BCUT2D eigenvalue weighted by Gasteiger charge is -2.25. The van der Waals surface area contributed by atoms with E-state index in [9.17, 15) is 0 Å². The normalized spacial score (nSPS) is 19.1. The largest absolute Gasteiger partial charge is 0.0631 e. The standard InChI is InChI=1S/C13H28Si/c1-11(2)9-14(10-12(3)4)13-7-5-6-8-13/h11-14H,5-10H2,1-4H3. The Morgan fingerprint density at radius 2 is 1.36 bits per heavy atom. The summed E-state index contributed by atoms with van der Waals surface area (Å²) in [5.41, 5.74) is 1.21. The SMILES string of the molecule is CC(C)C[SiH](CC(C)C)C1CCCC1. The summed E-state index contributed by atoms with van der Waals surface area (Å²) in [6.45, 7) is 9.65. The molecule has 0 nitrogen and oxygen atoms in total. The molecule has 0 aromatic heterocycles. The second-order valence-electron chi connectivity index (χ2n) is 6.06.